The number of methoxy groups -OCH3 is 1. The average molecular weight is 344 g/mol. The number of nitrogens with zero attached hydrogens (tertiary/aromatic N) is 1. The van der Waals surface area contributed by atoms with Crippen molar-refractivity contribution >= 4 is 11.6 Å². The molecule has 6 nitrogen and oxygen atoms in total. The van der Waals surface area contributed by atoms with Crippen molar-refractivity contribution < 1.29 is 14.5 Å². The van der Waals surface area contributed by atoms with Crippen molar-refractivity contribution in [1.29, 1.82) is 0 Å². The zero-order valence-corrected chi connectivity index (χ0v) is 14.4. The van der Waals surface area contributed by atoms with E-state index in [1.165, 1.54) is 44.2 Å². The van der Waals surface area contributed by atoms with Crippen molar-refractivity contribution in [2.24, 2.45) is 23.7 Å². The molecule has 5 rings (SSSR count). The minimum Gasteiger partial charge on any atom is -0.376 e. The molecular weight excluding hydrogens is 320 g/mol. The quantitative estimate of drug-likeness (QED) is 0.657. The van der Waals surface area contributed by atoms with Crippen LogP contribution in [0.1, 0.15) is 42.5 Å². The van der Waals surface area contributed by atoms with Gasteiger partial charge in [0.05, 0.1) is 10.5 Å². The fourth-order valence-electron chi connectivity index (χ4n) is 5.81. The number of amides is 1. The summed E-state index contributed by atoms with van der Waals surface area (Å²) in [4.78, 5) is 23.2. The van der Waals surface area contributed by atoms with Crippen LogP contribution < -0.4 is 5.32 Å². The number of hydrogen-bond acceptors (Lipinski definition) is 4. The highest BCUT2D eigenvalue weighted by atomic mass is 16.6. The van der Waals surface area contributed by atoms with Gasteiger partial charge in [0.15, 0.2) is 0 Å². The lowest BCUT2D eigenvalue weighted by atomic mass is 9.49. The first-order chi connectivity index (χ1) is 12.0. The van der Waals surface area contributed by atoms with Crippen LogP contribution in [-0.2, 0) is 4.74 Å². The minimum atomic E-state index is -0.510. The van der Waals surface area contributed by atoms with Gasteiger partial charge >= 0.3 is 0 Å². The molecule has 0 heterocycles. The molecule has 25 heavy (non-hydrogen) atoms. The molecule has 0 saturated heterocycles. The summed E-state index contributed by atoms with van der Waals surface area (Å²) in [6.45, 7) is 0.434. The minimum absolute atomic E-state index is 0.113. The molecule has 4 saturated carbocycles. The molecular formula is C19H24N2O4. The van der Waals surface area contributed by atoms with E-state index in [2.05, 4.69) is 5.32 Å². The fourth-order valence-corrected chi connectivity index (χ4v) is 5.81. The first-order valence-electron chi connectivity index (χ1n) is 9.10. The largest absolute Gasteiger partial charge is 0.376 e. The Hall–Kier alpha value is -1.95. The van der Waals surface area contributed by atoms with E-state index in [4.69, 9.17) is 4.74 Å². The van der Waals surface area contributed by atoms with Gasteiger partial charge in [-0.15, -0.1) is 0 Å². The number of carbonyl (C=O) groups is 1. The molecule has 1 amide bonds. The molecule has 4 bridgehead atoms. The van der Waals surface area contributed by atoms with Gasteiger partial charge in [-0.05, 0) is 61.8 Å². The van der Waals surface area contributed by atoms with E-state index in [1.54, 1.807) is 19.2 Å². The lowest BCUT2D eigenvalue weighted by Crippen LogP contribution is -2.63. The van der Waals surface area contributed by atoms with Crippen molar-refractivity contribution in [3.8, 4) is 0 Å². The fraction of sp³-hybridized carbons (Fsp3) is 0.632. The molecule has 1 aromatic rings. The Morgan fingerprint density at radius 2 is 1.80 bits per heavy atom. The molecule has 0 unspecified atom stereocenters. The summed E-state index contributed by atoms with van der Waals surface area (Å²) >= 11 is 0. The number of rotatable bonds is 5. The summed E-state index contributed by atoms with van der Waals surface area (Å²) in [7, 11) is 1.75. The van der Waals surface area contributed by atoms with Gasteiger partial charge in [-0.3, -0.25) is 14.9 Å². The first kappa shape index (κ1) is 16.5. The van der Waals surface area contributed by atoms with Crippen LogP contribution in [0.15, 0.2) is 24.3 Å². The molecule has 0 atom stereocenters. The number of para-hydroxylation sites is 1. The predicted molar refractivity (Wildman–Crippen MR) is 92.2 cm³/mol. The van der Waals surface area contributed by atoms with E-state index in [1.807, 2.05) is 0 Å². The Labute approximate surface area is 147 Å². The van der Waals surface area contributed by atoms with E-state index < -0.39 is 10.8 Å². The number of carbonyl (C=O) groups excluding carboxylic acids is 1. The summed E-state index contributed by atoms with van der Waals surface area (Å²) in [6.07, 6.45) is 6.09. The highest BCUT2D eigenvalue weighted by Crippen LogP contribution is 2.59. The third kappa shape index (κ3) is 2.63. The second-order valence-electron chi connectivity index (χ2n) is 7.92. The number of hydrogen-bond donors (Lipinski definition) is 1. The number of nitro benzene ring substituents is 1. The Bertz CT molecular complexity index is 674. The maximum absolute atomic E-state index is 12.6. The number of nitro groups is 1. The lowest BCUT2D eigenvalue weighted by molar-refractivity contribution is -0.385. The summed E-state index contributed by atoms with van der Waals surface area (Å²) in [6, 6.07) is 6.09. The molecule has 4 aliphatic carbocycles. The summed E-state index contributed by atoms with van der Waals surface area (Å²) in [5.41, 5.74) is -0.355. The second kappa shape index (κ2) is 6.09. The molecule has 1 N–H and O–H groups in total. The Balaban J connectivity index is 1.52. The molecule has 4 aliphatic rings. The molecule has 6 heteroatoms. The molecule has 0 radical (unpaired) electrons. The third-order valence-electron chi connectivity index (χ3n) is 6.77. The van der Waals surface area contributed by atoms with Gasteiger partial charge in [0.2, 0.25) is 0 Å². The van der Waals surface area contributed by atoms with Crippen molar-refractivity contribution in [3.63, 3.8) is 0 Å². The summed E-state index contributed by atoms with van der Waals surface area (Å²) in [5.74, 6) is 2.21. The SMILES string of the molecule is COC1(CNC(=O)c2ccccc2[N+](=O)[O-])C2CC3CC(C2)CC1C3. The summed E-state index contributed by atoms with van der Waals surface area (Å²) in [5, 5.41) is 14.1. The van der Waals surface area contributed by atoms with Gasteiger partial charge in [0.1, 0.15) is 5.56 Å². The van der Waals surface area contributed by atoms with E-state index in [0.29, 0.717) is 18.4 Å². The molecule has 0 spiro atoms. The monoisotopic (exact) mass is 344 g/mol. The summed E-state index contributed by atoms with van der Waals surface area (Å²) < 4.78 is 6.03. The first-order valence-corrected chi connectivity index (χ1v) is 9.10. The van der Waals surface area contributed by atoms with Crippen LogP contribution in [0.25, 0.3) is 0 Å². The van der Waals surface area contributed by atoms with Crippen LogP contribution >= 0.6 is 0 Å². The highest BCUT2D eigenvalue weighted by molar-refractivity contribution is 5.98. The Morgan fingerprint density at radius 1 is 1.20 bits per heavy atom. The van der Waals surface area contributed by atoms with E-state index in [-0.39, 0.29) is 16.9 Å². The zero-order valence-electron chi connectivity index (χ0n) is 14.4. The zero-order chi connectivity index (χ0) is 17.6. The van der Waals surface area contributed by atoms with Gasteiger partial charge < -0.3 is 10.1 Å². The van der Waals surface area contributed by atoms with E-state index in [9.17, 15) is 14.9 Å². The Kier molecular flexibility index (Phi) is 4.02. The van der Waals surface area contributed by atoms with Crippen LogP contribution in [0.4, 0.5) is 5.69 Å². The molecule has 0 aliphatic heterocycles. The van der Waals surface area contributed by atoms with Gasteiger partial charge in [0.25, 0.3) is 11.6 Å². The van der Waals surface area contributed by atoms with Crippen LogP contribution in [0.2, 0.25) is 0 Å². The van der Waals surface area contributed by atoms with Crippen LogP contribution in [0, 0.1) is 33.8 Å². The standard InChI is InChI=1S/C19H24N2O4/c1-25-19(14-7-12-6-13(9-14)10-15(19)8-12)11-20-18(22)16-4-2-3-5-17(16)21(23)24/h2-5,12-15H,6-11H2,1H3,(H,20,22). The normalized spacial score (nSPS) is 35.6. The highest BCUT2D eigenvalue weighted by Gasteiger charge is 2.57. The molecule has 0 aromatic heterocycles. The topological polar surface area (TPSA) is 81.5 Å². The van der Waals surface area contributed by atoms with Gasteiger partial charge in [0, 0.05) is 19.7 Å². The third-order valence-corrected chi connectivity index (χ3v) is 6.77. The molecule has 134 valence electrons. The number of nitrogens with one attached hydrogen (secondary N) is 1. The molecule has 4 fully saturated rings. The van der Waals surface area contributed by atoms with E-state index in [0.717, 1.165) is 11.8 Å². The maximum Gasteiger partial charge on any atom is 0.282 e. The number of ether oxygens (including phenoxy) is 1. The maximum atomic E-state index is 12.6. The van der Waals surface area contributed by atoms with Crippen molar-refractivity contribution in [2.45, 2.75) is 37.7 Å². The van der Waals surface area contributed by atoms with Gasteiger partial charge in [-0.25, -0.2) is 0 Å². The van der Waals surface area contributed by atoms with Gasteiger partial charge in [-0.2, -0.15) is 0 Å². The van der Waals surface area contributed by atoms with Crippen LogP contribution in [-0.4, -0.2) is 30.1 Å². The average Bonchev–Trinajstić information content (AvgIpc) is 2.61. The Morgan fingerprint density at radius 3 is 2.36 bits per heavy atom. The van der Waals surface area contributed by atoms with Crippen molar-refractivity contribution in [3.05, 3.63) is 39.9 Å². The predicted octanol–water partition coefficient (Wildman–Crippen LogP) is 3.17. The second-order valence-corrected chi connectivity index (χ2v) is 7.92. The van der Waals surface area contributed by atoms with E-state index >= 15 is 0 Å². The molecule has 1 aromatic carbocycles. The van der Waals surface area contributed by atoms with Crippen molar-refractivity contribution in [2.75, 3.05) is 13.7 Å². The van der Waals surface area contributed by atoms with Crippen molar-refractivity contribution in [1.82, 2.24) is 5.32 Å². The van der Waals surface area contributed by atoms with Gasteiger partial charge in [-0.1, -0.05) is 12.1 Å². The smallest absolute Gasteiger partial charge is 0.282 e. The van der Waals surface area contributed by atoms with Crippen LogP contribution in [0.5, 0.6) is 0 Å². The van der Waals surface area contributed by atoms with Crippen LogP contribution in [0.3, 0.4) is 0 Å². The number of benzene rings is 1. The lowest BCUT2D eigenvalue weighted by Gasteiger charge is -2.60.